The Morgan fingerprint density at radius 3 is 2.54 bits per heavy atom. The van der Waals surface area contributed by atoms with Crippen LogP contribution in [0.4, 0.5) is 5.69 Å². The van der Waals surface area contributed by atoms with Gasteiger partial charge in [-0.25, -0.2) is 13.4 Å². The zero-order valence-electron chi connectivity index (χ0n) is 15.6. The molecule has 1 fully saturated rings. The standard InChI is InChI=1S/C20H22N4O3S/c1-14(25)24-11-9-15(10-12-24)20-21-18-8-7-16(13-19(18)22-20)23-28(26,27)17-5-3-2-4-6-17/h2-8,13,15,23H,9-12H2,1H3,(H,21,22). The molecule has 3 aromatic rings. The van der Waals surface area contributed by atoms with E-state index in [1.807, 2.05) is 11.0 Å². The summed E-state index contributed by atoms with van der Waals surface area (Å²) in [7, 11) is -3.63. The minimum Gasteiger partial charge on any atom is -0.343 e. The fraction of sp³-hybridized carbons (Fsp3) is 0.300. The largest absolute Gasteiger partial charge is 0.343 e. The van der Waals surface area contributed by atoms with Gasteiger partial charge >= 0.3 is 0 Å². The zero-order valence-corrected chi connectivity index (χ0v) is 16.4. The monoisotopic (exact) mass is 398 g/mol. The fourth-order valence-electron chi connectivity index (χ4n) is 3.57. The molecule has 1 saturated heterocycles. The number of anilines is 1. The van der Waals surface area contributed by atoms with Crippen molar-refractivity contribution < 1.29 is 13.2 Å². The van der Waals surface area contributed by atoms with E-state index in [0.717, 1.165) is 42.8 Å². The first kappa shape index (κ1) is 18.5. The molecule has 28 heavy (non-hydrogen) atoms. The number of likely N-dealkylation sites (tertiary alicyclic amines) is 1. The van der Waals surface area contributed by atoms with Gasteiger partial charge in [-0.05, 0) is 43.2 Å². The molecule has 0 unspecified atom stereocenters. The van der Waals surface area contributed by atoms with E-state index < -0.39 is 10.0 Å². The van der Waals surface area contributed by atoms with Crippen LogP contribution in [-0.2, 0) is 14.8 Å². The number of sulfonamides is 1. The van der Waals surface area contributed by atoms with Crippen LogP contribution in [-0.4, -0.2) is 42.3 Å². The van der Waals surface area contributed by atoms with Crippen molar-refractivity contribution in [2.45, 2.75) is 30.6 Å². The minimum atomic E-state index is -3.63. The van der Waals surface area contributed by atoms with Crippen LogP contribution in [0, 0.1) is 0 Å². The van der Waals surface area contributed by atoms with E-state index in [4.69, 9.17) is 0 Å². The Morgan fingerprint density at radius 2 is 1.86 bits per heavy atom. The van der Waals surface area contributed by atoms with Gasteiger partial charge in [0.1, 0.15) is 5.82 Å². The predicted octanol–water partition coefficient (Wildman–Crippen LogP) is 3.09. The lowest BCUT2D eigenvalue weighted by Gasteiger charge is -2.30. The van der Waals surface area contributed by atoms with Crippen molar-refractivity contribution in [1.29, 1.82) is 0 Å². The molecule has 0 spiro atoms. The lowest BCUT2D eigenvalue weighted by atomic mass is 9.96. The lowest BCUT2D eigenvalue weighted by Crippen LogP contribution is -2.36. The summed E-state index contributed by atoms with van der Waals surface area (Å²) in [6.07, 6.45) is 1.74. The quantitative estimate of drug-likeness (QED) is 0.706. The molecule has 0 atom stereocenters. The summed E-state index contributed by atoms with van der Waals surface area (Å²) in [4.78, 5) is 21.6. The molecule has 1 aromatic heterocycles. The second-order valence-electron chi connectivity index (χ2n) is 7.05. The lowest BCUT2D eigenvalue weighted by molar-refractivity contribution is -0.129. The number of piperidine rings is 1. The Labute approximate surface area is 163 Å². The Hall–Kier alpha value is -2.87. The number of amides is 1. The number of aromatic nitrogens is 2. The van der Waals surface area contributed by atoms with Gasteiger partial charge in [-0.2, -0.15) is 0 Å². The van der Waals surface area contributed by atoms with E-state index in [1.165, 1.54) is 0 Å². The van der Waals surface area contributed by atoms with E-state index in [2.05, 4.69) is 14.7 Å². The highest BCUT2D eigenvalue weighted by molar-refractivity contribution is 7.92. The Balaban J connectivity index is 1.53. The summed E-state index contributed by atoms with van der Waals surface area (Å²) in [6, 6.07) is 13.6. The van der Waals surface area contributed by atoms with Gasteiger partial charge < -0.3 is 9.88 Å². The van der Waals surface area contributed by atoms with Crippen molar-refractivity contribution in [3.05, 3.63) is 54.4 Å². The minimum absolute atomic E-state index is 0.110. The number of rotatable bonds is 4. The second-order valence-corrected chi connectivity index (χ2v) is 8.74. The van der Waals surface area contributed by atoms with Crippen LogP contribution in [0.2, 0.25) is 0 Å². The van der Waals surface area contributed by atoms with E-state index in [9.17, 15) is 13.2 Å². The molecular formula is C20H22N4O3S. The zero-order chi connectivity index (χ0) is 19.7. The number of nitrogens with zero attached hydrogens (tertiary/aromatic N) is 2. The van der Waals surface area contributed by atoms with Crippen molar-refractivity contribution in [2.75, 3.05) is 17.8 Å². The number of fused-ring (bicyclic) bond motifs is 1. The molecule has 146 valence electrons. The van der Waals surface area contributed by atoms with Crippen LogP contribution in [0.25, 0.3) is 11.0 Å². The molecule has 0 radical (unpaired) electrons. The van der Waals surface area contributed by atoms with Crippen molar-refractivity contribution in [3.63, 3.8) is 0 Å². The number of carbonyl (C=O) groups excluding carboxylic acids is 1. The van der Waals surface area contributed by atoms with Gasteiger partial charge in [0.25, 0.3) is 10.0 Å². The smallest absolute Gasteiger partial charge is 0.261 e. The second kappa shape index (κ2) is 7.27. The normalized spacial score (nSPS) is 15.7. The highest BCUT2D eigenvalue weighted by atomic mass is 32.2. The van der Waals surface area contributed by atoms with Gasteiger partial charge in [-0.1, -0.05) is 18.2 Å². The molecule has 8 heteroatoms. The SMILES string of the molecule is CC(=O)N1CCC(c2nc3ccc(NS(=O)(=O)c4ccccc4)cc3[nH]2)CC1. The van der Waals surface area contributed by atoms with Crippen LogP contribution in [0.1, 0.15) is 31.5 Å². The van der Waals surface area contributed by atoms with E-state index in [0.29, 0.717) is 5.69 Å². The summed E-state index contributed by atoms with van der Waals surface area (Å²) >= 11 is 0. The molecule has 2 aromatic carbocycles. The summed E-state index contributed by atoms with van der Waals surface area (Å²) in [6.45, 7) is 3.07. The van der Waals surface area contributed by atoms with E-state index in [-0.39, 0.29) is 16.7 Å². The molecule has 1 amide bonds. The van der Waals surface area contributed by atoms with Crippen molar-refractivity contribution in [1.82, 2.24) is 14.9 Å². The molecule has 4 rings (SSSR count). The van der Waals surface area contributed by atoms with Gasteiger partial charge in [0, 0.05) is 25.9 Å². The van der Waals surface area contributed by atoms with Crippen LogP contribution in [0.3, 0.4) is 0 Å². The van der Waals surface area contributed by atoms with Gasteiger partial charge in [0.05, 0.1) is 21.6 Å². The van der Waals surface area contributed by atoms with Gasteiger partial charge in [0.15, 0.2) is 0 Å². The summed E-state index contributed by atoms with van der Waals surface area (Å²) in [5, 5.41) is 0. The van der Waals surface area contributed by atoms with Gasteiger partial charge in [-0.3, -0.25) is 9.52 Å². The maximum Gasteiger partial charge on any atom is 0.261 e. The summed E-state index contributed by atoms with van der Waals surface area (Å²) in [5.41, 5.74) is 2.07. The summed E-state index contributed by atoms with van der Waals surface area (Å²) < 4.78 is 27.6. The number of H-pyrrole nitrogens is 1. The first-order valence-corrected chi connectivity index (χ1v) is 10.7. The number of nitrogens with one attached hydrogen (secondary N) is 2. The molecule has 0 bridgehead atoms. The van der Waals surface area contributed by atoms with Crippen molar-refractivity contribution in [2.24, 2.45) is 0 Å². The molecule has 0 aliphatic carbocycles. The molecule has 7 nitrogen and oxygen atoms in total. The molecule has 1 aliphatic rings. The van der Waals surface area contributed by atoms with Crippen LogP contribution in [0.5, 0.6) is 0 Å². The maximum absolute atomic E-state index is 12.5. The average molecular weight is 398 g/mol. The molecule has 1 aliphatic heterocycles. The van der Waals surface area contributed by atoms with Crippen molar-refractivity contribution >= 4 is 32.7 Å². The van der Waals surface area contributed by atoms with Crippen molar-refractivity contribution in [3.8, 4) is 0 Å². The van der Waals surface area contributed by atoms with Crippen LogP contribution >= 0.6 is 0 Å². The highest BCUT2D eigenvalue weighted by Crippen LogP contribution is 2.29. The Bertz CT molecular complexity index is 1100. The first-order valence-electron chi connectivity index (χ1n) is 9.25. The molecule has 0 saturated carbocycles. The third kappa shape index (κ3) is 3.73. The molecule has 2 N–H and O–H groups in total. The fourth-order valence-corrected chi connectivity index (χ4v) is 4.64. The molecule has 2 heterocycles. The van der Waals surface area contributed by atoms with Crippen LogP contribution in [0.15, 0.2) is 53.4 Å². The average Bonchev–Trinajstić information content (AvgIpc) is 3.12. The van der Waals surface area contributed by atoms with Crippen LogP contribution < -0.4 is 4.72 Å². The predicted molar refractivity (Wildman–Crippen MR) is 108 cm³/mol. The molecular weight excluding hydrogens is 376 g/mol. The maximum atomic E-state index is 12.5. The number of hydrogen-bond acceptors (Lipinski definition) is 4. The van der Waals surface area contributed by atoms with Gasteiger partial charge in [-0.15, -0.1) is 0 Å². The first-order chi connectivity index (χ1) is 13.4. The Kier molecular flexibility index (Phi) is 4.80. The van der Waals surface area contributed by atoms with E-state index in [1.54, 1.807) is 49.4 Å². The topological polar surface area (TPSA) is 95.2 Å². The highest BCUT2D eigenvalue weighted by Gasteiger charge is 2.24. The third-order valence-corrected chi connectivity index (χ3v) is 6.53. The van der Waals surface area contributed by atoms with Gasteiger partial charge in [0.2, 0.25) is 5.91 Å². The number of carbonyl (C=O) groups is 1. The summed E-state index contributed by atoms with van der Waals surface area (Å²) in [5.74, 6) is 1.27. The number of aromatic amines is 1. The number of hydrogen-bond donors (Lipinski definition) is 2. The third-order valence-electron chi connectivity index (χ3n) is 5.13. The number of imidazole rings is 1. The number of benzene rings is 2. The van der Waals surface area contributed by atoms with E-state index >= 15 is 0 Å². The Morgan fingerprint density at radius 1 is 1.14 bits per heavy atom.